The monoisotopic (exact) mass is 379 g/mol. The van der Waals surface area contributed by atoms with Crippen molar-refractivity contribution in [2.45, 2.75) is 6.92 Å². The number of anilines is 1. The SMILES string of the molecule is Cc1cc(N2CCOCC2)ccc1/C=C1\SC(=Nc2ccccc2)NC1=O. The molecule has 0 unspecified atom stereocenters. The van der Waals surface area contributed by atoms with E-state index in [1.807, 2.05) is 36.4 Å². The average Bonchev–Trinajstić information content (AvgIpc) is 3.03. The second-order valence-electron chi connectivity index (χ2n) is 6.46. The Labute approximate surface area is 163 Å². The summed E-state index contributed by atoms with van der Waals surface area (Å²) in [6, 6.07) is 16.0. The molecule has 2 aliphatic rings. The number of rotatable bonds is 3. The maximum absolute atomic E-state index is 12.3. The van der Waals surface area contributed by atoms with Gasteiger partial charge in [0.2, 0.25) is 0 Å². The Bertz CT molecular complexity index is 903. The van der Waals surface area contributed by atoms with E-state index in [1.165, 1.54) is 17.4 Å². The van der Waals surface area contributed by atoms with Crippen molar-refractivity contribution in [1.29, 1.82) is 0 Å². The fourth-order valence-electron chi connectivity index (χ4n) is 3.08. The number of hydrogen-bond acceptors (Lipinski definition) is 5. The summed E-state index contributed by atoms with van der Waals surface area (Å²) in [6.45, 7) is 5.44. The minimum atomic E-state index is -0.105. The summed E-state index contributed by atoms with van der Waals surface area (Å²) in [5, 5.41) is 3.45. The maximum atomic E-state index is 12.3. The first-order valence-electron chi connectivity index (χ1n) is 8.97. The molecule has 1 N–H and O–H groups in total. The molecule has 2 heterocycles. The molecule has 0 spiro atoms. The minimum absolute atomic E-state index is 0.105. The van der Waals surface area contributed by atoms with E-state index in [2.05, 4.69) is 40.3 Å². The van der Waals surface area contributed by atoms with Gasteiger partial charge in [0, 0.05) is 18.8 Å². The van der Waals surface area contributed by atoms with Crippen molar-refractivity contribution in [3.8, 4) is 0 Å². The van der Waals surface area contributed by atoms with Crippen LogP contribution in [0.4, 0.5) is 11.4 Å². The Morgan fingerprint density at radius 1 is 1.15 bits per heavy atom. The summed E-state index contributed by atoms with van der Waals surface area (Å²) in [6.07, 6.45) is 1.94. The Morgan fingerprint density at radius 2 is 1.93 bits per heavy atom. The summed E-state index contributed by atoms with van der Waals surface area (Å²) in [5.41, 5.74) is 4.22. The number of morpholine rings is 1. The fourth-order valence-corrected chi connectivity index (χ4v) is 3.91. The molecule has 2 aromatic rings. The lowest BCUT2D eigenvalue weighted by Gasteiger charge is -2.29. The number of thioether (sulfide) groups is 1. The predicted octanol–water partition coefficient (Wildman–Crippen LogP) is 3.72. The molecule has 2 saturated heterocycles. The third-order valence-electron chi connectivity index (χ3n) is 4.55. The van der Waals surface area contributed by atoms with Crippen LogP contribution in [0.15, 0.2) is 58.4 Å². The van der Waals surface area contributed by atoms with E-state index in [-0.39, 0.29) is 5.91 Å². The van der Waals surface area contributed by atoms with Gasteiger partial charge in [-0.25, -0.2) is 4.99 Å². The van der Waals surface area contributed by atoms with Gasteiger partial charge in [0.05, 0.1) is 23.8 Å². The van der Waals surface area contributed by atoms with Crippen molar-refractivity contribution in [2.75, 3.05) is 31.2 Å². The Balaban J connectivity index is 1.53. The van der Waals surface area contributed by atoms with Crippen molar-refractivity contribution >= 4 is 40.3 Å². The van der Waals surface area contributed by atoms with Crippen LogP contribution in [0.5, 0.6) is 0 Å². The van der Waals surface area contributed by atoms with Crippen LogP contribution in [0.1, 0.15) is 11.1 Å². The van der Waals surface area contributed by atoms with Gasteiger partial charge < -0.3 is 15.0 Å². The highest BCUT2D eigenvalue weighted by molar-refractivity contribution is 8.18. The van der Waals surface area contributed by atoms with Crippen molar-refractivity contribution in [1.82, 2.24) is 5.32 Å². The zero-order valence-corrected chi connectivity index (χ0v) is 16.0. The molecule has 6 heteroatoms. The lowest BCUT2D eigenvalue weighted by atomic mass is 10.1. The largest absolute Gasteiger partial charge is 0.378 e. The lowest BCUT2D eigenvalue weighted by Crippen LogP contribution is -2.36. The Hall–Kier alpha value is -2.57. The van der Waals surface area contributed by atoms with Crippen LogP contribution < -0.4 is 10.2 Å². The third kappa shape index (κ3) is 4.23. The number of ether oxygens (including phenoxy) is 1. The first-order chi connectivity index (χ1) is 13.2. The van der Waals surface area contributed by atoms with Gasteiger partial charge in [0.15, 0.2) is 5.17 Å². The topological polar surface area (TPSA) is 53.9 Å². The molecule has 138 valence electrons. The van der Waals surface area contributed by atoms with Crippen LogP contribution in [0.2, 0.25) is 0 Å². The van der Waals surface area contributed by atoms with E-state index in [0.29, 0.717) is 10.1 Å². The lowest BCUT2D eigenvalue weighted by molar-refractivity contribution is -0.115. The van der Waals surface area contributed by atoms with E-state index in [9.17, 15) is 4.79 Å². The van der Waals surface area contributed by atoms with Gasteiger partial charge in [-0.1, -0.05) is 24.3 Å². The summed E-state index contributed by atoms with van der Waals surface area (Å²) >= 11 is 1.37. The van der Waals surface area contributed by atoms with Crippen LogP contribution in [0.3, 0.4) is 0 Å². The van der Waals surface area contributed by atoms with Crippen LogP contribution >= 0.6 is 11.8 Å². The number of aryl methyl sites for hydroxylation is 1. The fraction of sp³-hybridized carbons (Fsp3) is 0.238. The van der Waals surface area contributed by atoms with Crippen LogP contribution in [0, 0.1) is 6.92 Å². The summed E-state index contributed by atoms with van der Waals surface area (Å²) in [5.74, 6) is -0.105. The number of aliphatic imine (C=N–C) groups is 1. The molecule has 4 rings (SSSR count). The zero-order valence-electron chi connectivity index (χ0n) is 15.1. The van der Waals surface area contributed by atoms with Crippen LogP contribution in [-0.2, 0) is 9.53 Å². The molecule has 0 aliphatic carbocycles. The van der Waals surface area contributed by atoms with E-state index in [1.54, 1.807) is 0 Å². The van der Waals surface area contributed by atoms with Gasteiger partial charge in [-0.05, 0) is 60.2 Å². The highest BCUT2D eigenvalue weighted by Crippen LogP contribution is 2.29. The number of carbonyl (C=O) groups excluding carboxylic acids is 1. The molecule has 0 atom stereocenters. The third-order valence-corrected chi connectivity index (χ3v) is 5.46. The van der Waals surface area contributed by atoms with Gasteiger partial charge in [0.1, 0.15) is 0 Å². The number of amides is 1. The number of amidine groups is 1. The maximum Gasteiger partial charge on any atom is 0.264 e. The molecular weight excluding hydrogens is 358 g/mol. The zero-order chi connectivity index (χ0) is 18.6. The van der Waals surface area contributed by atoms with E-state index >= 15 is 0 Å². The highest BCUT2D eigenvalue weighted by atomic mass is 32.2. The van der Waals surface area contributed by atoms with Gasteiger partial charge in [-0.3, -0.25) is 4.79 Å². The molecule has 0 saturated carbocycles. The van der Waals surface area contributed by atoms with E-state index < -0.39 is 0 Å². The average molecular weight is 379 g/mol. The van der Waals surface area contributed by atoms with Gasteiger partial charge >= 0.3 is 0 Å². The van der Waals surface area contributed by atoms with Gasteiger partial charge in [0.25, 0.3) is 5.91 Å². The quantitative estimate of drug-likeness (QED) is 0.826. The number of nitrogens with one attached hydrogen (secondary N) is 1. The van der Waals surface area contributed by atoms with E-state index in [4.69, 9.17) is 4.74 Å². The molecule has 2 fully saturated rings. The summed E-state index contributed by atoms with van der Waals surface area (Å²) < 4.78 is 5.42. The first-order valence-corrected chi connectivity index (χ1v) is 9.79. The smallest absolute Gasteiger partial charge is 0.264 e. The second kappa shape index (κ2) is 7.98. The molecule has 0 bridgehead atoms. The van der Waals surface area contributed by atoms with Crippen molar-refractivity contribution in [3.05, 3.63) is 64.6 Å². The van der Waals surface area contributed by atoms with Gasteiger partial charge in [-0.15, -0.1) is 0 Å². The summed E-state index contributed by atoms with van der Waals surface area (Å²) in [7, 11) is 0. The minimum Gasteiger partial charge on any atom is -0.378 e. The number of hydrogen-bond donors (Lipinski definition) is 1. The van der Waals surface area contributed by atoms with Crippen LogP contribution in [-0.4, -0.2) is 37.4 Å². The standard InChI is InChI=1S/C21H21N3O2S/c1-15-13-18(24-9-11-26-12-10-24)8-7-16(15)14-19-20(25)23-21(27-19)22-17-5-3-2-4-6-17/h2-8,13-14H,9-12H2,1H3,(H,22,23,25)/b19-14-. The molecule has 1 amide bonds. The highest BCUT2D eigenvalue weighted by Gasteiger charge is 2.24. The molecule has 5 nitrogen and oxygen atoms in total. The molecule has 27 heavy (non-hydrogen) atoms. The van der Waals surface area contributed by atoms with E-state index in [0.717, 1.165) is 43.1 Å². The molecule has 0 radical (unpaired) electrons. The van der Waals surface area contributed by atoms with Crippen LogP contribution in [0.25, 0.3) is 6.08 Å². The predicted molar refractivity (Wildman–Crippen MR) is 111 cm³/mol. The number of benzene rings is 2. The molecular formula is C21H21N3O2S. The van der Waals surface area contributed by atoms with Crippen molar-refractivity contribution < 1.29 is 9.53 Å². The number of carbonyl (C=O) groups is 1. The normalized spacial score (nSPS) is 20.3. The molecule has 0 aromatic heterocycles. The molecule has 2 aliphatic heterocycles. The first kappa shape index (κ1) is 17.8. The van der Waals surface area contributed by atoms with Crippen molar-refractivity contribution in [3.63, 3.8) is 0 Å². The number of nitrogens with zero attached hydrogens (tertiary/aromatic N) is 2. The molecule has 2 aromatic carbocycles. The van der Waals surface area contributed by atoms with Crippen molar-refractivity contribution in [2.24, 2.45) is 4.99 Å². The second-order valence-corrected chi connectivity index (χ2v) is 7.49. The Morgan fingerprint density at radius 3 is 2.67 bits per heavy atom. The Kier molecular flexibility index (Phi) is 5.27. The summed E-state index contributed by atoms with van der Waals surface area (Å²) in [4.78, 5) is 19.8. The van der Waals surface area contributed by atoms with Gasteiger partial charge in [-0.2, -0.15) is 0 Å². The number of para-hydroxylation sites is 1.